The van der Waals surface area contributed by atoms with E-state index in [9.17, 15) is 14.4 Å². The van der Waals surface area contributed by atoms with Crippen LogP contribution in [0.3, 0.4) is 0 Å². The van der Waals surface area contributed by atoms with Crippen molar-refractivity contribution in [1.82, 2.24) is 10.6 Å². The number of amides is 1. The molecule has 1 fully saturated rings. The average Bonchev–Trinajstić information content (AvgIpc) is 2.34. The second kappa shape index (κ2) is 6.92. The van der Waals surface area contributed by atoms with Crippen LogP contribution < -0.4 is 10.6 Å². The van der Waals surface area contributed by atoms with E-state index in [4.69, 9.17) is 14.9 Å². The molecule has 0 aliphatic carbocycles. The average molecular weight is 260 g/mol. The monoisotopic (exact) mass is 260 g/mol. The summed E-state index contributed by atoms with van der Waals surface area (Å²) in [5.41, 5.74) is 0. The van der Waals surface area contributed by atoms with Crippen LogP contribution in [0.2, 0.25) is 0 Å². The lowest BCUT2D eigenvalue weighted by atomic mass is 10.1. The zero-order chi connectivity index (χ0) is 13.5. The zero-order valence-electron chi connectivity index (χ0n) is 9.72. The molecule has 0 aromatic heterocycles. The summed E-state index contributed by atoms with van der Waals surface area (Å²) in [5.74, 6) is -2.84. The van der Waals surface area contributed by atoms with Gasteiger partial charge in [0.1, 0.15) is 12.1 Å². The number of hydrogen-bond acceptors (Lipinski definition) is 5. The van der Waals surface area contributed by atoms with Crippen LogP contribution in [0.15, 0.2) is 0 Å². The molecule has 1 amide bonds. The van der Waals surface area contributed by atoms with Gasteiger partial charge < -0.3 is 25.6 Å². The summed E-state index contributed by atoms with van der Waals surface area (Å²) in [7, 11) is 0. The number of carbonyl (C=O) groups is 3. The Morgan fingerprint density at radius 2 is 2.11 bits per heavy atom. The van der Waals surface area contributed by atoms with E-state index in [2.05, 4.69) is 10.6 Å². The van der Waals surface area contributed by atoms with E-state index in [1.54, 1.807) is 0 Å². The van der Waals surface area contributed by atoms with Gasteiger partial charge in [-0.2, -0.15) is 0 Å². The van der Waals surface area contributed by atoms with Crippen molar-refractivity contribution in [1.29, 1.82) is 0 Å². The van der Waals surface area contributed by atoms with E-state index < -0.39 is 29.9 Å². The number of carboxylic acid groups (broad SMARTS) is 2. The van der Waals surface area contributed by atoms with Gasteiger partial charge in [-0.1, -0.05) is 0 Å². The zero-order valence-corrected chi connectivity index (χ0v) is 9.72. The molecule has 1 heterocycles. The Hall–Kier alpha value is -1.67. The molecule has 0 saturated carbocycles. The van der Waals surface area contributed by atoms with Gasteiger partial charge in [-0.05, 0) is 6.42 Å². The first-order chi connectivity index (χ1) is 8.50. The van der Waals surface area contributed by atoms with Crippen molar-refractivity contribution < 1.29 is 29.3 Å². The molecule has 0 spiro atoms. The first-order valence-electron chi connectivity index (χ1n) is 5.57. The third-order valence-electron chi connectivity index (χ3n) is 2.50. The molecule has 8 nitrogen and oxygen atoms in total. The van der Waals surface area contributed by atoms with E-state index in [0.29, 0.717) is 13.2 Å². The van der Waals surface area contributed by atoms with Crippen LogP contribution in [-0.2, 0) is 19.1 Å². The summed E-state index contributed by atoms with van der Waals surface area (Å²) in [6.07, 6.45) is -0.462. The molecule has 1 aliphatic heterocycles. The lowest BCUT2D eigenvalue weighted by Crippen LogP contribution is -2.54. The molecule has 0 aromatic rings. The summed E-state index contributed by atoms with van der Waals surface area (Å²) >= 11 is 0. The highest BCUT2D eigenvalue weighted by Gasteiger charge is 2.26. The normalized spacial score (nSPS) is 21.0. The fraction of sp³-hybridized carbons (Fsp3) is 0.700. The van der Waals surface area contributed by atoms with Crippen molar-refractivity contribution >= 4 is 17.8 Å². The molecule has 2 unspecified atom stereocenters. The lowest BCUT2D eigenvalue weighted by molar-refractivity contribution is -0.143. The Labute approximate surface area is 103 Å². The largest absolute Gasteiger partial charge is 0.481 e. The number of hydrogen-bond donors (Lipinski definition) is 4. The fourth-order valence-electron chi connectivity index (χ4n) is 1.53. The van der Waals surface area contributed by atoms with Crippen LogP contribution in [-0.4, -0.2) is 59.9 Å². The number of ether oxygens (including phenoxy) is 1. The molecule has 1 rings (SSSR count). The SMILES string of the molecule is O=C(O)CCC(NC(=O)C1COCCN1)C(=O)O. The second-order valence-corrected chi connectivity index (χ2v) is 3.91. The maximum absolute atomic E-state index is 11.7. The van der Waals surface area contributed by atoms with Gasteiger partial charge in [0.2, 0.25) is 5.91 Å². The molecule has 4 N–H and O–H groups in total. The second-order valence-electron chi connectivity index (χ2n) is 3.91. The van der Waals surface area contributed by atoms with Crippen LogP contribution >= 0.6 is 0 Å². The highest BCUT2D eigenvalue weighted by molar-refractivity contribution is 5.87. The van der Waals surface area contributed by atoms with Gasteiger partial charge in [-0.25, -0.2) is 4.79 Å². The third kappa shape index (κ3) is 4.68. The Morgan fingerprint density at radius 3 is 2.61 bits per heavy atom. The standard InChI is InChI=1S/C10H16N2O6/c13-8(14)2-1-6(10(16)17)12-9(15)7-5-18-4-3-11-7/h6-7,11H,1-5H2,(H,12,15)(H,13,14)(H,16,17). The molecule has 0 aromatic carbocycles. The van der Waals surface area contributed by atoms with E-state index in [-0.39, 0.29) is 19.4 Å². The maximum Gasteiger partial charge on any atom is 0.326 e. The molecule has 2 atom stereocenters. The molecule has 102 valence electrons. The summed E-state index contributed by atoms with van der Waals surface area (Å²) in [6.45, 7) is 1.20. The minimum absolute atomic E-state index is 0.149. The minimum atomic E-state index is -1.25. The van der Waals surface area contributed by atoms with Crippen LogP contribution in [0.25, 0.3) is 0 Å². The Kier molecular flexibility index (Phi) is 5.53. The third-order valence-corrected chi connectivity index (χ3v) is 2.50. The predicted molar refractivity (Wildman–Crippen MR) is 59.0 cm³/mol. The highest BCUT2D eigenvalue weighted by atomic mass is 16.5. The van der Waals surface area contributed by atoms with Gasteiger partial charge in [-0.15, -0.1) is 0 Å². The van der Waals surface area contributed by atoms with Crippen LogP contribution in [0.5, 0.6) is 0 Å². The van der Waals surface area contributed by atoms with E-state index in [1.165, 1.54) is 0 Å². The first kappa shape index (κ1) is 14.4. The van der Waals surface area contributed by atoms with Gasteiger partial charge in [0, 0.05) is 13.0 Å². The Balaban J connectivity index is 2.46. The number of carboxylic acids is 2. The van der Waals surface area contributed by atoms with Crippen LogP contribution in [0.1, 0.15) is 12.8 Å². The number of morpholine rings is 1. The van der Waals surface area contributed by atoms with E-state index in [0.717, 1.165) is 0 Å². The topological polar surface area (TPSA) is 125 Å². The van der Waals surface area contributed by atoms with Crippen LogP contribution in [0, 0.1) is 0 Å². The number of rotatable bonds is 6. The molecular weight excluding hydrogens is 244 g/mol. The quantitative estimate of drug-likeness (QED) is 0.453. The molecule has 1 saturated heterocycles. The summed E-state index contributed by atoms with van der Waals surface area (Å²) < 4.78 is 5.08. The van der Waals surface area contributed by atoms with Gasteiger partial charge in [0.25, 0.3) is 0 Å². The first-order valence-corrected chi connectivity index (χ1v) is 5.57. The molecule has 18 heavy (non-hydrogen) atoms. The maximum atomic E-state index is 11.7. The van der Waals surface area contributed by atoms with Crippen molar-refractivity contribution in [3.63, 3.8) is 0 Å². The predicted octanol–water partition coefficient (Wildman–Crippen LogP) is -1.59. The van der Waals surface area contributed by atoms with Gasteiger partial charge in [0.05, 0.1) is 13.2 Å². The molecule has 0 bridgehead atoms. The highest BCUT2D eigenvalue weighted by Crippen LogP contribution is 2.00. The van der Waals surface area contributed by atoms with Crippen LogP contribution in [0.4, 0.5) is 0 Å². The molecular formula is C10H16N2O6. The molecule has 1 aliphatic rings. The lowest BCUT2D eigenvalue weighted by Gasteiger charge is -2.24. The van der Waals surface area contributed by atoms with Gasteiger partial charge >= 0.3 is 11.9 Å². The van der Waals surface area contributed by atoms with E-state index in [1.807, 2.05) is 0 Å². The van der Waals surface area contributed by atoms with E-state index >= 15 is 0 Å². The van der Waals surface area contributed by atoms with Crippen molar-refractivity contribution in [2.45, 2.75) is 24.9 Å². The number of nitrogens with one attached hydrogen (secondary N) is 2. The number of aliphatic carboxylic acids is 2. The smallest absolute Gasteiger partial charge is 0.326 e. The Morgan fingerprint density at radius 1 is 1.39 bits per heavy atom. The summed E-state index contributed by atoms with van der Waals surface area (Å²) in [4.78, 5) is 32.9. The summed E-state index contributed by atoms with van der Waals surface area (Å²) in [6, 6.07) is -1.79. The van der Waals surface area contributed by atoms with Crippen molar-refractivity contribution in [2.75, 3.05) is 19.8 Å². The number of carbonyl (C=O) groups excluding carboxylic acids is 1. The fourth-order valence-corrected chi connectivity index (χ4v) is 1.53. The van der Waals surface area contributed by atoms with Crippen molar-refractivity contribution in [3.8, 4) is 0 Å². The Bertz CT molecular complexity index is 326. The van der Waals surface area contributed by atoms with Gasteiger partial charge in [0.15, 0.2) is 0 Å². The molecule has 8 heteroatoms. The van der Waals surface area contributed by atoms with Crippen molar-refractivity contribution in [3.05, 3.63) is 0 Å². The van der Waals surface area contributed by atoms with Gasteiger partial charge in [-0.3, -0.25) is 9.59 Å². The summed E-state index contributed by atoms with van der Waals surface area (Å²) in [5, 5.41) is 22.5. The minimum Gasteiger partial charge on any atom is -0.481 e. The van der Waals surface area contributed by atoms with Crippen molar-refractivity contribution in [2.24, 2.45) is 0 Å². The molecule has 0 radical (unpaired) electrons.